The van der Waals surface area contributed by atoms with Crippen LogP contribution in [0.4, 0.5) is 5.69 Å². The molecular formula is C12H15N3O. The first-order valence-corrected chi connectivity index (χ1v) is 5.57. The van der Waals surface area contributed by atoms with E-state index < -0.39 is 0 Å². The molecule has 1 aromatic heterocycles. The van der Waals surface area contributed by atoms with Gasteiger partial charge >= 0.3 is 0 Å². The van der Waals surface area contributed by atoms with Crippen LogP contribution in [0.25, 0.3) is 0 Å². The van der Waals surface area contributed by atoms with Crippen molar-refractivity contribution < 1.29 is 5.11 Å². The monoisotopic (exact) mass is 217 g/mol. The number of anilines is 1. The maximum atomic E-state index is 9.22. The number of pyridine rings is 1. The van der Waals surface area contributed by atoms with Gasteiger partial charge in [-0.2, -0.15) is 5.26 Å². The Hall–Kier alpha value is -1.60. The maximum Gasteiger partial charge on any atom is 0.163 e. The lowest BCUT2D eigenvalue weighted by Gasteiger charge is -2.20. The lowest BCUT2D eigenvalue weighted by atomic mass is 10.0. The molecule has 2 N–H and O–H groups in total. The van der Waals surface area contributed by atoms with E-state index >= 15 is 0 Å². The third-order valence-electron chi connectivity index (χ3n) is 3.15. The van der Waals surface area contributed by atoms with Crippen molar-refractivity contribution >= 4 is 5.69 Å². The van der Waals surface area contributed by atoms with Crippen molar-refractivity contribution in [3.63, 3.8) is 0 Å². The highest BCUT2D eigenvalue weighted by atomic mass is 16.3. The predicted molar refractivity (Wildman–Crippen MR) is 60.8 cm³/mol. The molecule has 2 atom stereocenters. The highest BCUT2D eigenvalue weighted by Crippen LogP contribution is 2.28. The molecule has 1 aliphatic carbocycles. The average Bonchev–Trinajstić information content (AvgIpc) is 2.77. The summed E-state index contributed by atoms with van der Waals surface area (Å²) in [5.41, 5.74) is 1.20. The van der Waals surface area contributed by atoms with Gasteiger partial charge in [-0.3, -0.25) is 0 Å². The SMILES string of the molecule is N#Cc1ncccc1NC1CCCC1CO. The fraction of sp³-hybridized carbons (Fsp3) is 0.500. The molecule has 1 aromatic rings. The van der Waals surface area contributed by atoms with Gasteiger partial charge in [-0.1, -0.05) is 6.42 Å². The molecule has 0 aliphatic heterocycles. The van der Waals surface area contributed by atoms with Crippen LogP contribution in [-0.2, 0) is 0 Å². The molecule has 0 spiro atoms. The first-order chi connectivity index (χ1) is 7.85. The van der Waals surface area contributed by atoms with E-state index in [1.54, 1.807) is 6.20 Å². The molecule has 0 aromatic carbocycles. The maximum absolute atomic E-state index is 9.22. The highest BCUT2D eigenvalue weighted by Gasteiger charge is 2.26. The van der Waals surface area contributed by atoms with E-state index in [2.05, 4.69) is 16.4 Å². The third-order valence-corrected chi connectivity index (χ3v) is 3.15. The fourth-order valence-corrected chi connectivity index (χ4v) is 2.26. The van der Waals surface area contributed by atoms with E-state index in [9.17, 15) is 5.11 Å². The molecule has 0 amide bonds. The number of rotatable bonds is 3. The van der Waals surface area contributed by atoms with Crippen LogP contribution in [0.1, 0.15) is 25.0 Å². The zero-order chi connectivity index (χ0) is 11.4. The molecule has 16 heavy (non-hydrogen) atoms. The first kappa shape index (κ1) is 10.9. The minimum absolute atomic E-state index is 0.208. The van der Waals surface area contributed by atoms with Crippen molar-refractivity contribution in [2.75, 3.05) is 11.9 Å². The number of nitriles is 1. The molecule has 4 nitrogen and oxygen atoms in total. The van der Waals surface area contributed by atoms with Gasteiger partial charge in [-0.05, 0) is 25.0 Å². The molecule has 1 heterocycles. The van der Waals surface area contributed by atoms with Crippen molar-refractivity contribution in [1.82, 2.24) is 4.98 Å². The van der Waals surface area contributed by atoms with Crippen LogP contribution < -0.4 is 5.32 Å². The van der Waals surface area contributed by atoms with Crippen LogP contribution in [0.2, 0.25) is 0 Å². The summed E-state index contributed by atoms with van der Waals surface area (Å²) in [6.45, 7) is 0.208. The van der Waals surface area contributed by atoms with Crippen molar-refractivity contribution in [2.24, 2.45) is 5.92 Å². The molecule has 2 rings (SSSR count). The molecule has 1 saturated carbocycles. The summed E-state index contributed by atoms with van der Waals surface area (Å²) < 4.78 is 0. The first-order valence-electron chi connectivity index (χ1n) is 5.57. The number of nitrogens with one attached hydrogen (secondary N) is 1. The Morgan fingerprint density at radius 2 is 2.44 bits per heavy atom. The zero-order valence-electron chi connectivity index (χ0n) is 9.06. The molecular weight excluding hydrogens is 202 g/mol. The van der Waals surface area contributed by atoms with Crippen LogP contribution in [0.15, 0.2) is 18.3 Å². The minimum Gasteiger partial charge on any atom is -0.396 e. The van der Waals surface area contributed by atoms with E-state index in [1.807, 2.05) is 12.1 Å². The van der Waals surface area contributed by atoms with E-state index in [-0.39, 0.29) is 12.6 Å². The van der Waals surface area contributed by atoms with Gasteiger partial charge in [0.25, 0.3) is 0 Å². The molecule has 0 radical (unpaired) electrons. The highest BCUT2D eigenvalue weighted by molar-refractivity contribution is 5.54. The van der Waals surface area contributed by atoms with Gasteiger partial charge in [0.15, 0.2) is 5.69 Å². The summed E-state index contributed by atoms with van der Waals surface area (Å²) in [6, 6.07) is 6.00. The molecule has 84 valence electrons. The normalized spacial score (nSPS) is 24.0. The average molecular weight is 217 g/mol. The lowest BCUT2D eigenvalue weighted by Crippen LogP contribution is -2.26. The summed E-state index contributed by atoms with van der Waals surface area (Å²) in [5, 5.41) is 21.5. The topological polar surface area (TPSA) is 68.9 Å². The van der Waals surface area contributed by atoms with E-state index in [0.717, 1.165) is 24.9 Å². The van der Waals surface area contributed by atoms with E-state index in [0.29, 0.717) is 11.6 Å². The number of aliphatic hydroxyl groups is 1. The quantitative estimate of drug-likeness (QED) is 0.805. The van der Waals surface area contributed by atoms with Gasteiger partial charge in [0.2, 0.25) is 0 Å². The van der Waals surface area contributed by atoms with Crippen molar-refractivity contribution in [3.8, 4) is 6.07 Å². The second-order valence-electron chi connectivity index (χ2n) is 4.14. The van der Waals surface area contributed by atoms with Gasteiger partial charge in [-0.15, -0.1) is 0 Å². The van der Waals surface area contributed by atoms with Crippen LogP contribution in [0.5, 0.6) is 0 Å². The predicted octanol–water partition coefficient (Wildman–Crippen LogP) is 1.53. The van der Waals surface area contributed by atoms with Crippen molar-refractivity contribution in [2.45, 2.75) is 25.3 Å². The van der Waals surface area contributed by atoms with Crippen LogP contribution >= 0.6 is 0 Å². The number of aromatic nitrogens is 1. The molecule has 1 aliphatic rings. The van der Waals surface area contributed by atoms with Gasteiger partial charge < -0.3 is 10.4 Å². The molecule has 0 saturated heterocycles. The smallest absolute Gasteiger partial charge is 0.163 e. The Kier molecular flexibility index (Phi) is 3.37. The van der Waals surface area contributed by atoms with Crippen LogP contribution in [0, 0.1) is 17.2 Å². The Morgan fingerprint density at radius 3 is 3.19 bits per heavy atom. The standard InChI is InChI=1S/C12H15N3O/c13-7-12-11(5-2-6-14-12)15-10-4-1-3-9(10)8-16/h2,5-6,9-10,15-16H,1,3-4,8H2. The van der Waals surface area contributed by atoms with Gasteiger partial charge in [0.05, 0.1) is 5.69 Å². The van der Waals surface area contributed by atoms with Gasteiger partial charge in [0, 0.05) is 24.8 Å². The number of nitrogens with zero attached hydrogens (tertiary/aromatic N) is 2. The Morgan fingerprint density at radius 1 is 1.56 bits per heavy atom. The summed E-state index contributed by atoms with van der Waals surface area (Å²) in [5.74, 6) is 0.298. The fourth-order valence-electron chi connectivity index (χ4n) is 2.26. The summed E-state index contributed by atoms with van der Waals surface area (Å²) in [7, 11) is 0. The second kappa shape index (κ2) is 4.95. The Balaban J connectivity index is 2.12. The van der Waals surface area contributed by atoms with E-state index in [1.165, 1.54) is 0 Å². The second-order valence-corrected chi connectivity index (χ2v) is 4.14. The number of hydrogen-bond donors (Lipinski definition) is 2. The number of hydrogen-bond acceptors (Lipinski definition) is 4. The van der Waals surface area contributed by atoms with E-state index in [4.69, 9.17) is 5.26 Å². The summed E-state index contributed by atoms with van der Waals surface area (Å²) in [6.07, 6.45) is 4.84. The number of aliphatic hydroxyl groups excluding tert-OH is 1. The van der Waals surface area contributed by atoms with Gasteiger partial charge in [-0.25, -0.2) is 4.98 Å². The largest absolute Gasteiger partial charge is 0.396 e. The van der Waals surface area contributed by atoms with Crippen molar-refractivity contribution in [3.05, 3.63) is 24.0 Å². The zero-order valence-corrected chi connectivity index (χ0v) is 9.06. The summed E-state index contributed by atoms with van der Waals surface area (Å²) >= 11 is 0. The van der Waals surface area contributed by atoms with Gasteiger partial charge in [0.1, 0.15) is 6.07 Å². The minimum atomic E-state index is 0.208. The molecule has 0 bridgehead atoms. The molecule has 2 unspecified atom stereocenters. The summed E-state index contributed by atoms with van der Waals surface area (Å²) in [4.78, 5) is 4.00. The Labute approximate surface area is 94.9 Å². The Bertz CT molecular complexity index is 399. The van der Waals surface area contributed by atoms with Crippen LogP contribution in [0.3, 0.4) is 0 Å². The lowest BCUT2D eigenvalue weighted by molar-refractivity contribution is 0.222. The molecule has 4 heteroatoms. The third kappa shape index (κ3) is 2.15. The van der Waals surface area contributed by atoms with Crippen LogP contribution in [-0.4, -0.2) is 22.7 Å². The molecule has 1 fully saturated rings. The van der Waals surface area contributed by atoms with Crippen molar-refractivity contribution in [1.29, 1.82) is 5.26 Å².